The molecule has 3 aromatic rings. The second kappa shape index (κ2) is 7.99. The molecule has 1 N–H and O–H groups in total. The molecule has 2 aromatic carbocycles. The highest BCUT2D eigenvalue weighted by molar-refractivity contribution is 6.31. The highest BCUT2D eigenvalue weighted by Crippen LogP contribution is 2.21. The molecule has 3 rings (SSSR count). The zero-order chi connectivity index (χ0) is 16.8. The Morgan fingerprint density at radius 3 is 2.75 bits per heavy atom. The lowest BCUT2D eigenvalue weighted by atomic mass is 10.1. The number of aromatic nitrogens is 2. The monoisotopic (exact) mass is 341 g/mol. The van der Waals surface area contributed by atoms with Crippen LogP contribution in [0.15, 0.2) is 61.2 Å². The molecule has 0 saturated heterocycles. The van der Waals surface area contributed by atoms with Gasteiger partial charge in [-0.2, -0.15) is 0 Å². The van der Waals surface area contributed by atoms with Crippen molar-refractivity contribution < 1.29 is 4.74 Å². The van der Waals surface area contributed by atoms with Gasteiger partial charge in [-0.15, -0.1) is 0 Å². The van der Waals surface area contributed by atoms with Crippen molar-refractivity contribution in [2.45, 2.75) is 19.6 Å². The number of methoxy groups -OCH3 is 1. The van der Waals surface area contributed by atoms with Gasteiger partial charge in [-0.3, -0.25) is 0 Å². The van der Waals surface area contributed by atoms with Crippen LogP contribution in [-0.4, -0.2) is 16.7 Å². The molecule has 0 atom stereocenters. The summed E-state index contributed by atoms with van der Waals surface area (Å²) in [7, 11) is 1.70. The third-order valence-corrected chi connectivity index (χ3v) is 4.23. The van der Waals surface area contributed by atoms with Crippen LogP contribution < -0.4 is 10.1 Å². The van der Waals surface area contributed by atoms with Crippen molar-refractivity contribution >= 4 is 11.6 Å². The minimum atomic E-state index is 0.738. The van der Waals surface area contributed by atoms with E-state index >= 15 is 0 Å². The first kappa shape index (κ1) is 16.6. The molecule has 0 unspecified atom stereocenters. The molecule has 0 aliphatic carbocycles. The molecule has 4 nitrogen and oxygen atoms in total. The highest BCUT2D eigenvalue weighted by Gasteiger charge is 2.06. The summed E-state index contributed by atoms with van der Waals surface area (Å²) in [6.07, 6.45) is 5.53. The lowest BCUT2D eigenvalue weighted by molar-refractivity contribution is 0.408. The molecule has 1 aromatic heterocycles. The molecule has 0 bridgehead atoms. The molecule has 5 heteroatoms. The third kappa shape index (κ3) is 4.16. The van der Waals surface area contributed by atoms with E-state index < -0.39 is 0 Å². The van der Waals surface area contributed by atoms with E-state index in [0.717, 1.165) is 41.5 Å². The summed E-state index contributed by atoms with van der Waals surface area (Å²) in [6, 6.07) is 14.1. The van der Waals surface area contributed by atoms with Crippen LogP contribution in [0.2, 0.25) is 5.02 Å². The number of imidazole rings is 1. The number of nitrogens with zero attached hydrogens (tertiary/aromatic N) is 2. The number of ether oxygens (including phenoxy) is 1. The summed E-state index contributed by atoms with van der Waals surface area (Å²) >= 11 is 6.19. The standard InChI is InChI=1S/C19H20ClN3O/c1-24-19-7-6-15(10-17(19)13-23-9-8-21-14-23)11-22-12-16-4-2-3-5-18(16)20/h2-10,14,22H,11-13H2,1H3. The molecule has 124 valence electrons. The Labute approximate surface area is 147 Å². The number of halogens is 1. The quantitative estimate of drug-likeness (QED) is 0.708. The number of rotatable bonds is 7. The van der Waals surface area contributed by atoms with Gasteiger partial charge in [0.25, 0.3) is 0 Å². The van der Waals surface area contributed by atoms with Gasteiger partial charge in [-0.05, 0) is 29.3 Å². The van der Waals surface area contributed by atoms with Gasteiger partial charge in [0.1, 0.15) is 5.75 Å². The molecule has 0 spiro atoms. The number of hydrogen-bond acceptors (Lipinski definition) is 3. The maximum absolute atomic E-state index is 6.19. The molecule has 1 heterocycles. The van der Waals surface area contributed by atoms with Crippen molar-refractivity contribution in [2.75, 3.05) is 7.11 Å². The second-order valence-corrected chi connectivity index (χ2v) is 5.98. The molecule has 0 saturated carbocycles. The van der Waals surface area contributed by atoms with Crippen LogP contribution in [0.1, 0.15) is 16.7 Å². The molecule has 0 aliphatic heterocycles. The van der Waals surface area contributed by atoms with E-state index in [1.807, 2.05) is 47.4 Å². The van der Waals surface area contributed by atoms with E-state index in [1.165, 1.54) is 5.56 Å². The maximum Gasteiger partial charge on any atom is 0.123 e. The van der Waals surface area contributed by atoms with Crippen LogP contribution in [0.4, 0.5) is 0 Å². The Hall–Kier alpha value is -2.30. The van der Waals surface area contributed by atoms with E-state index in [-0.39, 0.29) is 0 Å². The summed E-state index contributed by atoms with van der Waals surface area (Å²) in [6.45, 7) is 2.25. The van der Waals surface area contributed by atoms with Gasteiger partial charge >= 0.3 is 0 Å². The second-order valence-electron chi connectivity index (χ2n) is 5.58. The Bertz CT molecular complexity index is 787. The fourth-order valence-electron chi connectivity index (χ4n) is 2.63. The van der Waals surface area contributed by atoms with Crippen molar-refractivity contribution in [3.63, 3.8) is 0 Å². The van der Waals surface area contributed by atoms with Crippen molar-refractivity contribution in [1.82, 2.24) is 14.9 Å². The topological polar surface area (TPSA) is 39.1 Å². The summed E-state index contributed by atoms with van der Waals surface area (Å²) in [5.41, 5.74) is 3.44. The number of hydrogen-bond donors (Lipinski definition) is 1. The van der Waals surface area contributed by atoms with Gasteiger partial charge in [-0.1, -0.05) is 35.9 Å². The summed E-state index contributed by atoms with van der Waals surface area (Å²) in [5, 5.41) is 4.23. The zero-order valence-corrected chi connectivity index (χ0v) is 14.3. The Morgan fingerprint density at radius 1 is 1.12 bits per heavy atom. The predicted octanol–water partition coefficient (Wildman–Crippen LogP) is 3.88. The van der Waals surface area contributed by atoms with E-state index in [1.54, 1.807) is 13.3 Å². The normalized spacial score (nSPS) is 10.8. The van der Waals surface area contributed by atoms with Crippen molar-refractivity contribution in [2.24, 2.45) is 0 Å². The largest absolute Gasteiger partial charge is 0.496 e. The van der Waals surface area contributed by atoms with Crippen LogP contribution in [0, 0.1) is 0 Å². The van der Waals surface area contributed by atoms with Gasteiger partial charge < -0.3 is 14.6 Å². The highest BCUT2D eigenvalue weighted by atomic mass is 35.5. The van der Waals surface area contributed by atoms with Gasteiger partial charge in [0.2, 0.25) is 0 Å². The Balaban J connectivity index is 1.66. The fourth-order valence-corrected chi connectivity index (χ4v) is 2.83. The molecule has 0 amide bonds. The molecule has 0 fully saturated rings. The van der Waals surface area contributed by atoms with Crippen molar-refractivity contribution in [3.8, 4) is 5.75 Å². The average molecular weight is 342 g/mol. The van der Waals surface area contributed by atoms with Crippen LogP contribution in [0.5, 0.6) is 5.75 Å². The number of nitrogens with one attached hydrogen (secondary N) is 1. The maximum atomic E-state index is 6.19. The Kier molecular flexibility index (Phi) is 5.51. The molecular formula is C19H20ClN3O. The molecule has 0 aliphatic rings. The van der Waals surface area contributed by atoms with Crippen molar-refractivity contribution in [3.05, 3.63) is 82.9 Å². The summed E-state index contributed by atoms with van der Waals surface area (Å²) < 4.78 is 7.49. The minimum absolute atomic E-state index is 0.738. The smallest absolute Gasteiger partial charge is 0.123 e. The summed E-state index contributed by atoms with van der Waals surface area (Å²) in [5.74, 6) is 0.888. The van der Waals surface area contributed by atoms with Crippen molar-refractivity contribution in [1.29, 1.82) is 0 Å². The van der Waals surface area contributed by atoms with E-state index in [0.29, 0.717) is 0 Å². The van der Waals surface area contributed by atoms with Crippen LogP contribution in [-0.2, 0) is 19.6 Å². The van der Waals surface area contributed by atoms with E-state index in [4.69, 9.17) is 16.3 Å². The van der Waals surface area contributed by atoms with E-state index in [2.05, 4.69) is 22.4 Å². The van der Waals surface area contributed by atoms with E-state index in [9.17, 15) is 0 Å². The SMILES string of the molecule is COc1ccc(CNCc2ccccc2Cl)cc1Cn1ccnc1. The predicted molar refractivity (Wildman–Crippen MR) is 96.3 cm³/mol. The lowest BCUT2D eigenvalue weighted by Gasteiger charge is -2.12. The lowest BCUT2D eigenvalue weighted by Crippen LogP contribution is -2.13. The first-order chi connectivity index (χ1) is 11.8. The zero-order valence-electron chi connectivity index (χ0n) is 13.6. The van der Waals surface area contributed by atoms with Gasteiger partial charge in [0.05, 0.1) is 20.0 Å². The molecule has 0 radical (unpaired) electrons. The van der Waals surface area contributed by atoms with Gasteiger partial charge in [0, 0.05) is 36.1 Å². The van der Waals surface area contributed by atoms with Gasteiger partial charge in [-0.25, -0.2) is 4.98 Å². The third-order valence-electron chi connectivity index (χ3n) is 3.86. The molecule has 24 heavy (non-hydrogen) atoms. The summed E-state index contributed by atoms with van der Waals surface area (Å²) in [4.78, 5) is 4.08. The minimum Gasteiger partial charge on any atom is -0.496 e. The van der Waals surface area contributed by atoms with Crippen LogP contribution in [0.3, 0.4) is 0 Å². The van der Waals surface area contributed by atoms with Crippen LogP contribution in [0.25, 0.3) is 0 Å². The first-order valence-corrected chi connectivity index (χ1v) is 8.19. The fraction of sp³-hybridized carbons (Fsp3) is 0.211. The molecular weight excluding hydrogens is 322 g/mol. The first-order valence-electron chi connectivity index (χ1n) is 7.82. The average Bonchev–Trinajstić information content (AvgIpc) is 3.10. The van der Waals surface area contributed by atoms with Gasteiger partial charge in [0.15, 0.2) is 0 Å². The Morgan fingerprint density at radius 2 is 2.00 bits per heavy atom. The van der Waals surface area contributed by atoms with Crippen LogP contribution >= 0.6 is 11.6 Å². The number of benzene rings is 2.